The van der Waals surface area contributed by atoms with Crippen LogP contribution in [0.25, 0.3) is 0 Å². The molecular weight excluding hydrogens is 226 g/mol. The van der Waals surface area contributed by atoms with E-state index in [-0.39, 0.29) is 6.10 Å². The van der Waals surface area contributed by atoms with E-state index in [0.29, 0.717) is 13.2 Å². The molecule has 96 valence electrons. The van der Waals surface area contributed by atoms with E-state index >= 15 is 0 Å². The van der Waals surface area contributed by atoms with E-state index < -0.39 is 0 Å². The van der Waals surface area contributed by atoms with Crippen molar-refractivity contribution in [1.82, 2.24) is 9.78 Å². The highest BCUT2D eigenvalue weighted by molar-refractivity contribution is 5.16. The Bertz CT molecular complexity index is 467. The van der Waals surface area contributed by atoms with E-state index in [1.165, 1.54) is 5.56 Å². The molecule has 2 N–H and O–H groups in total. The van der Waals surface area contributed by atoms with Crippen LogP contribution >= 0.6 is 0 Å². The van der Waals surface area contributed by atoms with Crippen LogP contribution in [0.15, 0.2) is 42.7 Å². The number of rotatable bonds is 6. The SMILES string of the molecule is CCOC(CN)c1cnn(Cc2ccccc2)c1. The molecule has 4 heteroatoms. The quantitative estimate of drug-likeness (QED) is 0.846. The molecule has 0 fully saturated rings. The number of hydrogen-bond donors (Lipinski definition) is 1. The van der Waals surface area contributed by atoms with E-state index in [1.807, 2.05) is 42.2 Å². The number of nitrogens with zero attached hydrogens (tertiary/aromatic N) is 2. The van der Waals surface area contributed by atoms with Crippen molar-refractivity contribution in [2.24, 2.45) is 5.73 Å². The summed E-state index contributed by atoms with van der Waals surface area (Å²) in [6.45, 7) is 3.87. The number of benzene rings is 1. The number of ether oxygens (including phenoxy) is 1. The van der Waals surface area contributed by atoms with Crippen molar-refractivity contribution in [3.05, 3.63) is 53.9 Å². The minimum atomic E-state index is -0.0560. The Morgan fingerprint density at radius 1 is 1.33 bits per heavy atom. The summed E-state index contributed by atoms with van der Waals surface area (Å²) >= 11 is 0. The molecule has 0 radical (unpaired) electrons. The lowest BCUT2D eigenvalue weighted by atomic mass is 10.2. The van der Waals surface area contributed by atoms with Gasteiger partial charge in [-0.2, -0.15) is 5.10 Å². The fraction of sp³-hybridized carbons (Fsp3) is 0.357. The highest BCUT2D eigenvalue weighted by atomic mass is 16.5. The van der Waals surface area contributed by atoms with Crippen LogP contribution < -0.4 is 5.73 Å². The minimum Gasteiger partial charge on any atom is -0.372 e. The van der Waals surface area contributed by atoms with Crippen LogP contribution in [-0.2, 0) is 11.3 Å². The molecule has 1 atom stereocenters. The molecule has 0 bridgehead atoms. The highest BCUT2D eigenvalue weighted by Gasteiger charge is 2.11. The fourth-order valence-corrected chi connectivity index (χ4v) is 1.90. The topological polar surface area (TPSA) is 53.1 Å². The van der Waals surface area contributed by atoms with Gasteiger partial charge in [0.15, 0.2) is 0 Å². The van der Waals surface area contributed by atoms with Gasteiger partial charge in [-0.05, 0) is 12.5 Å². The Labute approximate surface area is 107 Å². The van der Waals surface area contributed by atoms with E-state index in [1.54, 1.807) is 0 Å². The van der Waals surface area contributed by atoms with Gasteiger partial charge in [0.25, 0.3) is 0 Å². The van der Waals surface area contributed by atoms with Gasteiger partial charge >= 0.3 is 0 Å². The maximum Gasteiger partial charge on any atom is 0.0977 e. The van der Waals surface area contributed by atoms with Gasteiger partial charge in [0.1, 0.15) is 0 Å². The van der Waals surface area contributed by atoms with Gasteiger partial charge in [0.2, 0.25) is 0 Å². The van der Waals surface area contributed by atoms with Gasteiger partial charge in [-0.1, -0.05) is 30.3 Å². The zero-order valence-electron chi connectivity index (χ0n) is 10.6. The van der Waals surface area contributed by atoms with Crippen LogP contribution in [0.1, 0.15) is 24.2 Å². The van der Waals surface area contributed by atoms with Crippen LogP contribution in [0.5, 0.6) is 0 Å². The minimum absolute atomic E-state index is 0.0560. The van der Waals surface area contributed by atoms with Crippen molar-refractivity contribution in [3.8, 4) is 0 Å². The Morgan fingerprint density at radius 3 is 2.78 bits per heavy atom. The van der Waals surface area contributed by atoms with E-state index in [2.05, 4.69) is 17.2 Å². The average molecular weight is 245 g/mol. The van der Waals surface area contributed by atoms with Gasteiger partial charge < -0.3 is 10.5 Å². The number of aromatic nitrogens is 2. The monoisotopic (exact) mass is 245 g/mol. The second-order valence-electron chi connectivity index (χ2n) is 4.14. The molecule has 1 unspecified atom stereocenters. The third-order valence-corrected chi connectivity index (χ3v) is 2.79. The molecule has 0 amide bonds. The Morgan fingerprint density at radius 2 is 2.11 bits per heavy atom. The molecule has 0 aliphatic heterocycles. The first-order valence-electron chi connectivity index (χ1n) is 6.21. The van der Waals surface area contributed by atoms with Crippen LogP contribution in [0.4, 0.5) is 0 Å². The molecule has 4 nitrogen and oxygen atoms in total. The zero-order chi connectivity index (χ0) is 12.8. The summed E-state index contributed by atoms with van der Waals surface area (Å²) in [5, 5.41) is 4.34. The van der Waals surface area contributed by atoms with E-state index in [0.717, 1.165) is 12.1 Å². The molecule has 0 saturated heterocycles. The zero-order valence-corrected chi connectivity index (χ0v) is 10.6. The molecule has 1 heterocycles. The molecular formula is C14H19N3O. The first kappa shape index (κ1) is 12.8. The largest absolute Gasteiger partial charge is 0.372 e. The van der Waals surface area contributed by atoms with Gasteiger partial charge in [-0.25, -0.2) is 0 Å². The summed E-state index contributed by atoms with van der Waals surface area (Å²) in [5.41, 5.74) is 7.96. The summed E-state index contributed by atoms with van der Waals surface area (Å²) in [6, 6.07) is 10.2. The third kappa shape index (κ3) is 3.18. The summed E-state index contributed by atoms with van der Waals surface area (Å²) in [4.78, 5) is 0. The maximum atomic E-state index is 5.69. The summed E-state index contributed by atoms with van der Waals surface area (Å²) in [7, 11) is 0. The van der Waals surface area contributed by atoms with E-state index in [9.17, 15) is 0 Å². The molecule has 1 aromatic heterocycles. The van der Waals surface area contributed by atoms with Crippen LogP contribution in [0, 0.1) is 0 Å². The molecule has 0 saturated carbocycles. The third-order valence-electron chi connectivity index (χ3n) is 2.79. The second kappa shape index (κ2) is 6.33. The first-order valence-corrected chi connectivity index (χ1v) is 6.21. The molecule has 0 aliphatic rings. The molecule has 2 aromatic rings. The summed E-state index contributed by atoms with van der Waals surface area (Å²) < 4.78 is 7.47. The lowest BCUT2D eigenvalue weighted by Gasteiger charge is -2.12. The fourth-order valence-electron chi connectivity index (χ4n) is 1.90. The van der Waals surface area contributed by atoms with Gasteiger partial charge in [0.05, 0.1) is 18.8 Å². The maximum absolute atomic E-state index is 5.69. The van der Waals surface area contributed by atoms with Crippen molar-refractivity contribution in [2.75, 3.05) is 13.2 Å². The standard InChI is InChI=1S/C14H19N3O/c1-2-18-14(8-15)13-9-16-17(11-13)10-12-6-4-3-5-7-12/h3-7,9,11,14H,2,8,10,15H2,1H3. The average Bonchev–Trinajstić information content (AvgIpc) is 2.85. The van der Waals surface area contributed by atoms with Gasteiger partial charge in [0, 0.05) is 24.9 Å². The van der Waals surface area contributed by atoms with Crippen molar-refractivity contribution < 1.29 is 4.74 Å². The number of hydrogen-bond acceptors (Lipinski definition) is 3. The Kier molecular flexibility index (Phi) is 4.50. The Balaban J connectivity index is 2.06. The predicted octanol–water partition coefficient (Wildman–Crippen LogP) is 1.97. The summed E-state index contributed by atoms with van der Waals surface area (Å²) in [6.07, 6.45) is 3.77. The first-order chi connectivity index (χ1) is 8.83. The van der Waals surface area contributed by atoms with E-state index in [4.69, 9.17) is 10.5 Å². The molecule has 18 heavy (non-hydrogen) atoms. The van der Waals surface area contributed by atoms with Crippen LogP contribution in [-0.4, -0.2) is 22.9 Å². The van der Waals surface area contributed by atoms with Crippen molar-refractivity contribution in [2.45, 2.75) is 19.6 Å². The van der Waals surface area contributed by atoms with Gasteiger partial charge in [-0.15, -0.1) is 0 Å². The number of nitrogens with two attached hydrogens (primary N) is 1. The predicted molar refractivity (Wildman–Crippen MR) is 71.2 cm³/mol. The lowest BCUT2D eigenvalue weighted by Crippen LogP contribution is -2.15. The Hall–Kier alpha value is -1.65. The van der Waals surface area contributed by atoms with Crippen LogP contribution in [0.2, 0.25) is 0 Å². The van der Waals surface area contributed by atoms with Crippen molar-refractivity contribution >= 4 is 0 Å². The molecule has 0 spiro atoms. The molecule has 2 rings (SSSR count). The highest BCUT2D eigenvalue weighted by Crippen LogP contribution is 2.15. The van der Waals surface area contributed by atoms with Gasteiger partial charge in [-0.3, -0.25) is 4.68 Å². The normalized spacial score (nSPS) is 12.6. The van der Waals surface area contributed by atoms with Crippen molar-refractivity contribution in [1.29, 1.82) is 0 Å². The lowest BCUT2D eigenvalue weighted by molar-refractivity contribution is 0.0688. The molecule has 1 aromatic carbocycles. The van der Waals surface area contributed by atoms with Crippen LogP contribution in [0.3, 0.4) is 0 Å². The summed E-state index contributed by atoms with van der Waals surface area (Å²) in [5.74, 6) is 0. The smallest absolute Gasteiger partial charge is 0.0977 e. The van der Waals surface area contributed by atoms with Crippen molar-refractivity contribution in [3.63, 3.8) is 0 Å². The molecule has 0 aliphatic carbocycles. The second-order valence-corrected chi connectivity index (χ2v) is 4.14.